The molecule has 0 aliphatic heterocycles. The molecule has 4 aliphatic carbocycles. The van der Waals surface area contributed by atoms with Gasteiger partial charge in [0, 0.05) is 0 Å². The van der Waals surface area contributed by atoms with E-state index in [-0.39, 0.29) is 11.5 Å². The zero-order valence-electron chi connectivity index (χ0n) is 17.8. The van der Waals surface area contributed by atoms with Crippen LogP contribution in [0.25, 0.3) is 0 Å². The summed E-state index contributed by atoms with van der Waals surface area (Å²) in [4.78, 5) is 0. The Morgan fingerprint density at radius 1 is 0.893 bits per heavy atom. The zero-order valence-corrected chi connectivity index (χ0v) is 17.8. The van der Waals surface area contributed by atoms with Crippen LogP contribution >= 0.6 is 0 Å². The molecule has 1 aromatic carbocycles. The Bertz CT molecular complexity index is 687. The van der Waals surface area contributed by atoms with Gasteiger partial charge < -0.3 is 9.84 Å². The summed E-state index contributed by atoms with van der Waals surface area (Å²) >= 11 is 0. The van der Waals surface area contributed by atoms with Gasteiger partial charge in [-0.2, -0.15) is 0 Å². The van der Waals surface area contributed by atoms with Crippen molar-refractivity contribution in [3.63, 3.8) is 0 Å². The van der Waals surface area contributed by atoms with E-state index in [0.717, 1.165) is 36.7 Å². The number of aliphatic hydroxyl groups excluding tert-OH is 1. The van der Waals surface area contributed by atoms with E-state index in [9.17, 15) is 5.11 Å². The first-order chi connectivity index (χ1) is 13.5. The third kappa shape index (κ3) is 2.98. The van der Waals surface area contributed by atoms with E-state index in [0.29, 0.717) is 11.5 Å². The minimum absolute atomic E-state index is 0.0499. The summed E-state index contributed by atoms with van der Waals surface area (Å²) in [6.07, 6.45) is 11.9. The van der Waals surface area contributed by atoms with E-state index in [1.165, 1.54) is 56.9 Å². The predicted molar refractivity (Wildman–Crippen MR) is 113 cm³/mol. The van der Waals surface area contributed by atoms with Gasteiger partial charge in [-0.1, -0.05) is 44.2 Å². The number of benzene rings is 1. The Morgan fingerprint density at radius 2 is 1.64 bits per heavy atom. The Morgan fingerprint density at radius 3 is 2.46 bits per heavy atom. The highest BCUT2D eigenvalue weighted by Gasteiger charge is 2.60. The van der Waals surface area contributed by atoms with Crippen LogP contribution in [0.15, 0.2) is 30.3 Å². The van der Waals surface area contributed by atoms with Gasteiger partial charge in [0.15, 0.2) is 0 Å². The van der Waals surface area contributed by atoms with E-state index in [4.69, 9.17) is 4.74 Å². The van der Waals surface area contributed by atoms with Crippen molar-refractivity contribution >= 4 is 0 Å². The fourth-order valence-corrected chi connectivity index (χ4v) is 8.13. The average Bonchev–Trinajstić information content (AvgIpc) is 3.02. The van der Waals surface area contributed by atoms with E-state index >= 15 is 0 Å². The van der Waals surface area contributed by atoms with E-state index in [1.807, 2.05) is 0 Å². The van der Waals surface area contributed by atoms with Crippen LogP contribution in [-0.2, 0) is 11.3 Å². The predicted octanol–water partition coefficient (Wildman–Crippen LogP) is 5.98. The summed E-state index contributed by atoms with van der Waals surface area (Å²) in [5.74, 6) is 3.34. The molecule has 8 atom stereocenters. The van der Waals surface area contributed by atoms with Crippen LogP contribution in [0.3, 0.4) is 0 Å². The summed E-state index contributed by atoms with van der Waals surface area (Å²) in [5, 5.41) is 10.6. The Hall–Kier alpha value is -0.860. The summed E-state index contributed by atoms with van der Waals surface area (Å²) < 4.78 is 6.37. The van der Waals surface area contributed by atoms with Crippen molar-refractivity contribution in [1.29, 1.82) is 0 Å². The quantitative estimate of drug-likeness (QED) is 0.697. The normalized spacial score (nSPS) is 47.8. The largest absolute Gasteiger partial charge is 0.393 e. The van der Waals surface area contributed by atoms with Crippen LogP contribution in [0.1, 0.15) is 77.2 Å². The fourth-order valence-electron chi connectivity index (χ4n) is 8.13. The molecule has 4 aliphatic rings. The molecule has 0 radical (unpaired) electrons. The SMILES string of the molecule is C[C@]12CC[C@H](OCc3ccccc3)C[C@@H]1CC[C@@H]1[C@H]2CC[C@]2(C)[C@@H]1CC[C@@H]2O. The van der Waals surface area contributed by atoms with Gasteiger partial charge >= 0.3 is 0 Å². The van der Waals surface area contributed by atoms with Crippen LogP contribution in [0.5, 0.6) is 0 Å². The lowest BCUT2D eigenvalue weighted by Gasteiger charge is -2.60. The second-order valence-corrected chi connectivity index (χ2v) is 11.0. The average molecular weight is 383 g/mol. The second-order valence-electron chi connectivity index (χ2n) is 11.0. The van der Waals surface area contributed by atoms with Crippen LogP contribution in [0.2, 0.25) is 0 Å². The molecule has 4 fully saturated rings. The number of hydrogen-bond acceptors (Lipinski definition) is 2. The molecule has 28 heavy (non-hydrogen) atoms. The molecule has 0 aromatic heterocycles. The molecule has 5 rings (SSSR count). The van der Waals surface area contributed by atoms with Gasteiger partial charge in [0.05, 0.1) is 18.8 Å². The van der Waals surface area contributed by atoms with Gasteiger partial charge in [0.1, 0.15) is 0 Å². The first-order valence-electron chi connectivity index (χ1n) is 11.8. The van der Waals surface area contributed by atoms with Gasteiger partial charge in [0.25, 0.3) is 0 Å². The van der Waals surface area contributed by atoms with Gasteiger partial charge in [0.2, 0.25) is 0 Å². The molecule has 0 bridgehead atoms. The van der Waals surface area contributed by atoms with E-state index < -0.39 is 0 Å². The molecule has 0 heterocycles. The van der Waals surface area contributed by atoms with Crippen molar-refractivity contribution in [2.75, 3.05) is 0 Å². The highest BCUT2D eigenvalue weighted by molar-refractivity contribution is 5.14. The van der Waals surface area contributed by atoms with Crippen molar-refractivity contribution in [3.05, 3.63) is 35.9 Å². The molecule has 2 nitrogen and oxygen atoms in total. The maximum absolute atomic E-state index is 10.6. The number of ether oxygens (including phenoxy) is 1. The van der Waals surface area contributed by atoms with E-state index in [2.05, 4.69) is 44.2 Å². The molecule has 0 spiro atoms. The standard InChI is InChI=1S/C26H38O2/c1-25-14-12-20(28-17-18-6-4-3-5-7-18)16-19(25)8-9-21-22-10-11-24(27)26(22,2)15-13-23(21)25/h3-7,19-24,27H,8-17H2,1-2H3/t19-,20-,21-,22+,23+,24-,25-,26+/m0/s1. The third-order valence-electron chi connectivity index (χ3n) is 9.90. The molecule has 2 heteroatoms. The molecule has 1 N–H and O–H groups in total. The highest BCUT2D eigenvalue weighted by atomic mass is 16.5. The van der Waals surface area contributed by atoms with Crippen molar-refractivity contribution in [1.82, 2.24) is 0 Å². The minimum atomic E-state index is -0.0499. The molecule has 0 unspecified atom stereocenters. The Balaban J connectivity index is 1.26. The molecular formula is C26H38O2. The smallest absolute Gasteiger partial charge is 0.0720 e. The zero-order chi connectivity index (χ0) is 19.4. The molecular weight excluding hydrogens is 344 g/mol. The maximum Gasteiger partial charge on any atom is 0.0720 e. The highest BCUT2D eigenvalue weighted by Crippen LogP contribution is 2.66. The summed E-state index contributed by atoms with van der Waals surface area (Å²) in [7, 11) is 0. The number of hydrogen-bond donors (Lipinski definition) is 1. The van der Waals surface area contributed by atoms with Crippen molar-refractivity contribution < 1.29 is 9.84 Å². The van der Waals surface area contributed by atoms with Crippen LogP contribution in [0, 0.1) is 34.5 Å². The van der Waals surface area contributed by atoms with Gasteiger partial charge in [-0.05, 0) is 97.9 Å². The van der Waals surface area contributed by atoms with Gasteiger partial charge in [-0.25, -0.2) is 0 Å². The third-order valence-corrected chi connectivity index (χ3v) is 9.90. The first kappa shape index (κ1) is 19.1. The fraction of sp³-hybridized carbons (Fsp3) is 0.769. The molecule has 0 amide bonds. The van der Waals surface area contributed by atoms with Crippen molar-refractivity contribution in [2.24, 2.45) is 34.5 Å². The van der Waals surface area contributed by atoms with Crippen LogP contribution < -0.4 is 0 Å². The van der Waals surface area contributed by atoms with Gasteiger partial charge in [-0.3, -0.25) is 0 Å². The molecule has 154 valence electrons. The van der Waals surface area contributed by atoms with E-state index in [1.54, 1.807) is 0 Å². The summed E-state index contributed by atoms with van der Waals surface area (Å²) in [6, 6.07) is 10.6. The summed E-state index contributed by atoms with van der Waals surface area (Å²) in [6.45, 7) is 5.78. The molecule has 0 saturated heterocycles. The topological polar surface area (TPSA) is 29.5 Å². The number of rotatable bonds is 3. The summed E-state index contributed by atoms with van der Waals surface area (Å²) in [5.41, 5.74) is 2.01. The number of fused-ring (bicyclic) bond motifs is 5. The number of aliphatic hydroxyl groups is 1. The first-order valence-corrected chi connectivity index (χ1v) is 11.8. The Labute approximate surface area is 171 Å². The lowest BCUT2D eigenvalue weighted by molar-refractivity contribution is -0.142. The lowest BCUT2D eigenvalue weighted by atomic mass is 9.45. The molecule has 4 saturated carbocycles. The minimum Gasteiger partial charge on any atom is -0.393 e. The monoisotopic (exact) mass is 382 g/mol. The maximum atomic E-state index is 10.6. The van der Waals surface area contributed by atoms with Crippen LogP contribution in [-0.4, -0.2) is 17.3 Å². The molecule has 1 aromatic rings. The second kappa shape index (κ2) is 7.13. The van der Waals surface area contributed by atoms with Crippen LogP contribution in [0.4, 0.5) is 0 Å². The van der Waals surface area contributed by atoms with Crippen molar-refractivity contribution in [2.45, 2.75) is 90.4 Å². The van der Waals surface area contributed by atoms with Crippen molar-refractivity contribution in [3.8, 4) is 0 Å². The lowest BCUT2D eigenvalue weighted by Crippen LogP contribution is -2.54. The Kier molecular flexibility index (Phi) is 4.87. The van der Waals surface area contributed by atoms with Gasteiger partial charge in [-0.15, -0.1) is 0 Å².